The summed E-state index contributed by atoms with van der Waals surface area (Å²) in [5.41, 5.74) is 0. The maximum atomic E-state index is 12.1. The maximum Gasteiger partial charge on any atom is 0.317 e. The van der Waals surface area contributed by atoms with Gasteiger partial charge in [-0.2, -0.15) is 0 Å². The summed E-state index contributed by atoms with van der Waals surface area (Å²) in [4.78, 5) is 27.5. The lowest BCUT2D eigenvalue weighted by Gasteiger charge is -2.30. The van der Waals surface area contributed by atoms with E-state index in [0.29, 0.717) is 0 Å². The van der Waals surface area contributed by atoms with E-state index in [2.05, 4.69) is 10.6 Å². The normalized spacial score (nSPS) is 20.6. The van der Waals surface area contributed by atoms with Gasteiger partial charge >= 0.3 is 6.03 Å². The highest BCUT2D eigenvalue weighted by atomic mass is 16.2. The topological polar surface area (TPSA) is 64.7 Å². The van der Waals surface area contributed by atoms with Crippen molar-refractivity contribution >= 4 is 11.9 Å². The molecule has 114 valence electrons. The molecule has 3 amide bonds. The van der Waals surface area contributed by atoms with E-state index in [-0.39, 0.29) is 24.5 Å². The Bertz CT molecular complexity index is 336. The highest BCUT2D eigenvalue weighted by Gasteiger charge is 2.22. The number of hydrogen-bond acceptors (Lipinski definition) is 3. The van der Waals surface area contributed by atoms with Gasteiger partial charge in [-0.1, -0.05) is 19.3 Å². The van der Waals surface area contributed by atoms with E-state index >= 15 is 0 Å². The number of hydrogen-bond donors (Lipinski definition) is 2. The monoisotopic (exact) mass is 282 g/mol. The molecule has 0 aromatic carbocycles. The van der Waals surface area contributed by atoms with Crippen LogP contribution in [0, 0.1) is 0 Å². The van der Waals surface area contributed by atoms with Crippen molar-refractivity contribution < 1.29 is 9.59 Å². The van der Waals surface area contributed by atoms with E-state index in [1.54, 1.807) is 7.05 Å². The van der Waals surface area contributed by atoms with Gasteiger partial charge in [0.2, 0.25) is 5.91 Å². The zero-order valence-corrected chi connectivity index (χ0v) is 12.4. The molecule has 1 saturated carbocycles. The standard InChI is InChI=1S/C14H26N4O2/c1-17(11-13(19)18-9-7-15-8-10-18)14(20)16-12-5-3-2-4-6-12/h12,15H,2-11H2,1H3,(H,16,20). The Morgan fingerprint density at radius 3 is 2.50 bits per heavy atom. The number of urea groups is 1. The number of amides is 3. The molecule has 0 aromatic rings. The SMILES string of the molecule is CN(CC(=O)N1CCNCC1)C(=O)NC1CCCCC1. The Kier molecular flexibility index (Phi) is 5.64. The van der Waals surface area contributed by atoms with Crippen LogP contribution in [0.3, 0.4) is 0 Å². The second-order valence-electron chi connectivity index (χ2n) is 5.77. The van der Waals surface area contributed by atoms with Crippen molar-refractivity contribution in [3.63, 3.8) is 0 Å². The van der Waals surface area contributed by atoms with Crippen LogP contribution in [0.2, 0.25) is 0 Å². The van der Waals surface area contributed by atoms with E-state index < -0.39 is 0 Å². The summed E-state index contributed by atoms with van der Waals surface area (Å²) < 4.78 is 0. The maximum absolute atomic E-state index is 12.1. The average molecular weight is 282 g/mol. The van der Waals surface area contributed by atoms with Crippen LogP contribution < -0.4 is 10.6 Å². The van der Waals surface area contributed by atoms with Gasteiger partial charge < -0.3 is 20.4 Å². The fourth-order valence-corrected chi connectivity index (χ4v) is 2.82. The molecule has 1 aliphatic heterocycles. The molecule has 2 N–H and O–H groups in total. The van der Waals surface area contributed by atoms with Crippen LogP contribution in [0.1, 0.15) is 32.1 Å². The van der Waals surface area contributed by atoms with Crippen molar-refractivity contribution in [2.45, 2.75) is 38.1 Å². The number of rotatable bonds is 3. The summed E-state index contributed by atoms with van der Waals surface area (Å²) in [5, 5.41) is 6.24. The lowest BCUT2D eigenvalue weighted by molar-refractivity contribution is -0.132. The van der Waals surface area contributed by atoms with Crippen LogP contribution >= 0.6 is 0 Å². The first-order chi connectivity index (χ1) is 9.66. The van der Waals surface area contributed by atoms with Crippen molar-refractivity contribution in [3.05, 3.63) is 0 Å². The van der Waals surface area contributed by atoms with Crippen LogP contribution in [0.25, 0.3) is 0 Å². The minimum Gasteiger partial charge on any atom is -0.339 e. The third-order valence-electron chi connectivity index (χ3n) is 4.12. The second kappa shape index (κ2) is 7.47. The van der Waals surface area contributed by atoms with Gasteiger partial charge in [-0.15, -0.1) is 0 Å². The molecule has 0 aromatic heterocycles. The first kappa shape index (κ1) is 15.1. The fourth-order valence-electron chi connectivity index (χ4n) is 2.82. The number of carbonyl (C=O) groups excluding carboxylic acids is 2. The summed E-state index contributed by atoms with van der Waals surface area (Å²) in [6, 6.07) is 0.161. The number of likely N-dealkylation sites (N-methyl/N-ethyl adjacent to an activating group) is 1. The molecule has 0 radical (unpaired) electrons. The van der Waals surface area contributed by atoms with Crippen molar-refractivity contribution in [1.82, 2.24) is 20.4 Å². The molecule has 0 atom stereocenters. The fraction of sp³-hybridized carbons (Fsp3) is 0.857. The van der Waals surface area contributed by atoms with E-state index in [1.807, 2.05) is 4.90 Å². The molecule has 0 bridgehead atoms. The van der Waals surface area contributed by atoms with E-state index in [4.69, 9.17) is 0 Å². The number of nitrogens with zero attached hydrogens (tertiary/aromatic N) is 2. The highest BCUT2D eigenvalue weighted by Crippen LogP contribution is 2.17. The zero-order valence-electron chi connectivity index (χ0n) is 12.4. The molecule has 0 unspecified atom stereocenters. The predicted octanol–water partition coefficient (Wildman–Crippen LogP) is 0.392. The van der Waals surface area contributed by atoms with Crippen LogP contribution in [0.4, 0.5) is 4.79 Å². The molecular formula is C14H26N4O2. The molecule has 1 aliphatic carbocycles. The summed E-state index contributed by atoms with van der Waals surface area (Å²) >= 11 is 0. The van der Waals surface area contributed by atoms with Gasteiger partial charge in [0.25, 0.3) is 0 Å². The third-order valence-corrected chi connectivity index (χ3v) is 4.12. The molecule has 20 heavy (non-hydrogen) atoms. The minimum atomic E-state index is -0.125. The second-order valence-corrected chi connectivity index (χ2v) is 5.77. The van der Waals surface area contributed by atoms with Gasteiger partial charge in [0.05, 0.1) is 0 Å². The largest absolute Gasteiger partial charge is 0.339 e. The van der Waals surface area contributed by atoms with Gasteiger partial charge in [-0.3, -0.25) is 4.79 Å². The molecule has 6 heteroatoms. The molecule has 2 rings (SSSR count). The Hall–Kier alpha value is -1.30. The van der Waals surface area contributed by atoms with Crippen LogP contribution in [0.5, 0.6) is 0 Å². The number of nitrogens with one attached hydrogen (secondary N) is 2. The van der Waals surface area contributed by atoms with Crippen LogP contribution in [-0.4, -0.2) is 67.6 Å². The molecule has 6 nitrogen and oxygen atoms in total. The third kappa shape index (κ3) is 4.37. The van der Waals surface area contributed by atoms with Crippen molar-refractivity contribution in [2.24, 2.45) is 0 Å². The Balaban J connectivity index is 1.73. The first-order valence-electron chi connectivity index (χ1n) is 7.67. The van der Waals surface area contributed by atoms with Gasteiger partial charge in [-0.05, 0) is 12.8 Å². The predicted molar refractivity (Wildman–Crippen MR) is 77.5 cm³/mol. The summed E-state index contributed by atoms with van der Waals surface area (Å²) in [7, 11) is 1.69. The van der Waals surface area contributed by atoms with Gasteiger partial charge in [0, 0.05) is 39.3 Å². The van der Waals surface area contributed by atoms with Crippen molar-refractivity contribution in [2.75, 3.05) is 39.8 Å². The van der Waals surface area contributed by atoms with E-state index in [0.717, 1.165) is 39.0 Å². The summed E-state index contributed by atoms with van der Waals surface area (Å²) in [6.45, 7) is 3.31. The Morgan fingerprint density at radius 1 is 1.20 bits per heavy atom. The molecular weight excluding hydrogens is 256 g/mol. The van der Waals surface area contributed by atoms with E-state index in [9.17, 15) is 9.59 Å². The average Bonchev–Trinajstić information content (AvgIpc) is 2.49. The van der Waals surface area contributed by atoms with Crippen molar-refractivity contribution in [1.29, 1.82) is 0 Å². The summed E-state index contributed by atoms with van der Waals surface area (Å²) in [5.74, 6) is 0.0350. The Labute approximate surface area is 120 Å². The van der Waals surface area contributed by atoms with Crippen molar-refractivity contribution in [3.8, 4) is 0 Å². The van der Waals surface area contributed by atoms with Crippen LogP contribution in [0.15, 0.2) is 0 Å². The molecule has 2 aliphatic rings. The number of carbonyl (C=O) groups is 2. The molecule has 0 spiro atoms. The molecule has 2 fully saturated rings. The summed E-state index contributed by atoms with van der Waals surface area (Å²) in [6.07, 6.45) is 5.77. The smallest absolute Gasteiger partial charge is 0.317 e. The highest BCUT2D eigenvalue weighted by molar-refractivity contribution is 5.84. The first-order valence-corrected chi connectivity index (χ1v) is 7.67. The number of piperazine rings is 1. The Morgan fingerprint density at radius 2 is 1.85 bits per heavy atom. The lowest BCUT2D eigenvalue weighted by Crippen LogP contribution is -2.51. The van der Waals surface area contributed by atoms with E-state index in [1.165, 1.54) is 24.2 Å². The zero-order chi connectivity index (χ0) is 14.4. The van der Waals surface area contributed by atoms with Gasteiger partial charge in [0.1, 0.15) is 6.54 Å². The molecule has 1 heterocycles. The van der Waals surface area contributed by atoms with Crippen LogP contribution in [-0.2, 0) is 4.79 Å². The minimum absolute atomic E-state index is 0.0350. The van der Waals surface area contributed by atoms with Gasteiger partial charge in [0.15, 0.2) is 0 Å². The lowest BCUT2D eigenvalue weighted by atomic mass is 9.96. The quantitative estimate of drug-likeness (QED) is 0.787. The molecule has 1 saturated heterocycles. The van der Waals surface area contributed by atoms with Gasteiger partial charge in [-0.25, -0.2) is 4.79 Å².